The van der Waals surface area contributed by atoms with Gasteiger partial charge in [0, 0.05) is 6.20 Å². The van der Waals surface area contributed by atoms with E-state index in [0.29, 0.717) is 0 Å². The van der Waals surface area contributed by atoms with Gasteiger partial charge in [0.15, 0.2) is 14.9 Å². The average molecular weight is 242 g/mol. The molecule has 2 N–H and O–H groups in total. The lowest BCUT2D eigenvalue weighted by molar-refractivity contribution is 0.543. The summed E-state index contributed by atoms with van der Waals surface area (Å²) < 4.78 is 24.0. The third-order valence-corrected chi connectivity index (χ3v) is 4.32. The number of nitrogens with two attached hydrogens (primary N) is 1. The zero-order chi connectivity index (χ0) is 12.2. The van der Waals surface area contributed by atoms with Crippen LogP contribution in [0.3, 0.4) is 0 Å². The molecule has 5 heteroatoms. The minimum absolute atomic E-state index is 0.0120. The smallest absolute Gasteiger partial charge is 0.197 e. The van der Waals surface area contributed by atoms with Crippen LogP contribution in [0.2, 0.25) is 0 Å². The third kappa shape index (κ3) is 3.20. The molecule has 1 atom stereocenters. The largest absolute Gasteiger partial charge is 0.396 e. The summed E-state index contributed by atoms with van der Waals surface area (Å²) in [4.78, 5) is 3.85. The standard InChI is InChI=1S/C11H18N2O2S/c1-3-5-9(2)8-16(14,15)11-10(12)6-4-7-13-11/h4,6-7,9H,3,5,8,12H2,1-2H3. The minimum Gasteiger partial charge on any atom is -0.396 e. The molecule has 0 saturated carbocycles. The van der Waals surface area contributed by atoms with E-state index < -0.39 is 9.84 Å². The highest BCUT2D eigenvalue weighted by Gasteiger charge is 2.21. The number of hydrogen-bond acceptors (Lipinski definition) is 4. The van der Waals surface area contributed by atoms with Gasteiger partial charge < -0.3 is 5.73 Å². The van der Waals surface area contributed by atoms with E-state index in [1.54, 1.807) is 12.1 Å². The Morgan fingerprint density at radius 3 is 2.75 bits per heavy atom. The van der Waals surface area contributed by atoms with Crippen molar-refractivity contribution in [1.82, 2.24) is 4.98 Å². The Kier molecular flexibility index (Phi) is 4.29. The van der Waals surface area contributed by atoms with E-state index in [1.165, 1.54) is 6.20 Å². The highest BCUT2D eigenvalue weighted by molar-refractivity contribution is 7.91. The molecule has 1 aromatic rings. The van der Waals surface area contributed by atoms with E-state index in [0.717, 1.165) is 12.8 Å². The van der Waals surface area contributed by atoms with Gasteiger partial charge in [-0.15, -0.1) is 0 Å². The van der Waals surface area contributed by atoms with Crippen molar-refractivity contribution in [3.05, 3.63) is 18.3 Å². The first-order chi connectivity index (χ1) is 7.47. The van der Waals surface area contributed by atoms with Gasteiger partial charge in [-0.1, -0.05) is 20.3 Å². The van der Waals surface area contributed by atoms with Crippen LogP contribution in [-0.4, -0.2) is 19.2 Å². The molecule has 0 aliphatic carbocycles. The lowest BCUT2D eigenvalue weighted by Crippen LogP contribution is -2.16. The fourth-order valence-electron chi connectivity index (χ4n) is 1.69. The summed E-state index contributed by atoms with van der Waals surface area (Å²) in [5.74, 6) is 0.249. The molecule has 1 unspecified atom stereocenters. The summed E-state index contributed by atoms with van der Waals surface area (Å²) in [7, 11) is -3.35. The first-order valence-electron chi connectivity index (χ1n) is 5.40. The fraction of sp³-hybridized carbons (Fsp3) is 0.545. The van der Waals surface area contributed by atoms with E-state index in [9.17, 15) is 8.42 Å². The summed E-state index contributed by atoms with van der Waals surface area (Å²) in [5, 5.41) is 0.0120. The molecule has 0 aromatic carbocycles. The van der Waals surface area contributed by atoms with Gasteiger partial charge in [0.2, 0.25) is 0 Å². The highest BCUT2D eigenvalue weighted by atomic mass is 32.2. The van der Waals surface area contributed by atoms with Gasteiger partial charge in [-0.3, -0.25) is 0 Å². The summed E-state index contributed by atoms with van der Waals surface area (Å²) in [6.45, 7) is 3.97. The maximum atomic E-state index is 12.0. The van der Waals surface area contributed by atoms with Gasteiger partial charge in [0.1, 0.15) is 0 Å². The molecule has 0 aliphatic heterocycles. The molecule has 1 aromatic heterocycles. The lowest BCUT2D eigenvalue weighted by Gasteiger charge is -2.11. The second-order valence-electron chi connectivity index (χ2n) is 4.07. The molecule has 0 amide bonds. The Labute approximate surface area is 96.8 Å². The second-order valence-corrected chi connectivity index (χ2v) is 6.02. The van der Waals surface area contributed by atoms with Gasteiger partial charge in [-0.05, 0) is 24.5 Å². The summed E-state index contributed by atoms with van der Waals surface area (Å²) in [6.07, 6.45) is 3.33. The van der Waals surface area contributed by atoms with Crippen LogP contribution in [-0.2, 0) is 9.84 Å². The third-order valence-electron chi connectivity index (χ3n) is 2.38. The van der Waals surface area contributed by atoms with Crippen molar-refractivity contribution in [3.63, 3.8) is 0 Å². The molecule has 1 heterocycles. The minimum atomic E-state index is -3.35. The van der Waals surface area contributed by atoms with E-state index in [2.05, 4.69) is 4.98 Å². The van der Waals surface area contributed by atoms with Gasteiger partial charge in [0.05, 0.1) is 11.4 Å². The lowest BCUT2D eigenvalue weighted by atomic mass is 10.1. The van der Waals surface area contributed by atoms with Crippen molar-refractivity contribution in [2.45, 2.75) is 31.7 Å². The zero-order valence-corrected chi connectivity index (χ0v) is 10.5. The number of nitrogens with zero attached hydrogens (tertiary/aromatic N) is 1. The number of nitrogen functional groups attached to an aromatic ring is 1. The quantitative estimate of drug-likeness (QED) is 0.855. The second kappa shape index (κ2) is 5.30. The zero-order valence-electron chi connectivity index (χ0n) is 9.68. The van der Waals surface area contributed by atoms with Crippen LogP contribution in [0.1, 0.15) is 26.7 Å². The monoisotopic (exact) mass is 242 g/mol. The van der Waals surface area contributed by atoms with Crippen LogP contribution in [0.4, 0.5) is 5.69 Å². The molecule has 0 bridgehead atoms. The van der Waals surface area contributed by atoms with Gasteiger partial charge >= 0.3 is 0 Å². The van der Waals surface area contributed by atoms with Crippen LogP contribution in [0.5, 0.6) is 0 Å². The van der Waals surface area contributed by atoms with E-state index in [1.807, 2.05) is 13.8 Å². The molecule has 0 saturated heterocycles. The Morgan fingerprint density at radius 1 is 1.50 bits per heavy atom. The van der Waals surface area contributed by atoms with E-state index in [-0.39, 0.29) is 22.4 Å². The molecule has 16 heavy (non-hydrogen) atoms. The van der Waals surface area contributed by atoms with Crippen molar-refractivity contribution in [2.24, 2.45) is 5.92 Å². The van der Waals surface area contributed by atoms with Crippen LogP contribution >= 0.6 is 0 Å². The van der Waals surface area contributed by atoms with E-state index >= 15 is 0 Å². The van der Waals surface area contributed by atoms with Crippen molar-refractivity contribution >= 4 is 15.5 Å². The SMILES string of the molecule is CCCC(C)CS(=O)(=O)c1ncccc1N. The topological polar surface area (TPSA) is 73.0 Å². The summed E-state index contributed by atoms with van der Waals surface area (Å²) in [5.41, 5.74) is 5.84. The molecular formula is C11H18N2O2S. The number of anilines is 1. The average Bonchev–Trinajstić information content (AvgIpc) is 2.17. The van der Waals surface area contributed by atoms with E-state index in [4.69, 9.17) is 5.73 Å². The molecule has 4 nitrogen and oxygen atoms in total. The Balaban J connectivity index is 2.91. The number of sulfone groups is 1. The molecule has 0 fully saturated rings. The first-order valence-corrected chi connectivity index (χ1v) is 7.06. The van der Waals surface area contributed by atoms with Gasteiger partial charge in [0.25, 0.3) is 0 Å². The van der Waals surface area contributed by atoms with Crippen molar-refractivity contribution in [1.29, 1.82) is 0 Å². The molecule has 0 spiro atoms. The normalized spacial score (nSPS) is 13.6. The van der Waals surface area contributed by atoms with Crippen LogP contribution in [0.15, 0.2) is 23.4 Å². The molecule has 1 rings (SSSR count). The number of rotatable bonds is 5. The predicted molar refractivity (Wildman–Crippen MR) is 64.8 cm³/mol. The van der Waals surface area contributed by atoms with Gasteiger partial charge in [-0.25, -0.2) is 13.4 Å². The Morgan fingerprint density at radius 2 is 2.19 bits per heavy atom. The Bertz CT molecular complexity index is 443. The number of aromatic nitrogens is 1. The number of pyridine rings is 1. The van der Waals surface area contributed by atoms with Crippen molar-refractivity contribution in [3.8, 4) is 0 Å². The maximum Gasteiger partial charge on any atom is 0.197 e. The molecule has 90 valence electrons. The molecular weight excluding hydrogens is 224 g/mol. The summed E-state index contributed by atoms with van der Waals surface area (Å²) in [6, 6.07) is 3.19. The summed E-state index contributed by atoms with van der Waals surface area (Å²) >= 11 is 0. The van der Waals surface area contributed by atoms with Crippen LogP contribution < -0.4 is 5.73 Å². The molecule has 0 aliphatic rings. The molecule has 0 radical (unpaired) electrons. The number of hydrogen-bond donors (Lipinski definition) is 1. The predicted octanol–water partition coefficient (Wildman–Crippen LogP) is 1.87. The van der Waals surface area contributed by atoms with Gasteiger partial charge in [-0.2, -0.15) is 0 Å². The van der Waals surface area contributed by atoms with Crippen LogP contribution in [0.25, 0.3) is 0 Å². The van der Waals surface area contributed by atoms with Crippen LogP contribution in [0, 0.1) is 5.92 Å². The Hall–Kier alpha value is -1.10. The highest BCUT2D eigenvalue weighted by Crippen LogP contribution is 2.19. The van der Waals surface area contributed by atoms with Crippen molar-refractivity contribution < 1.29 is 8.42 Å². The fourth-order valence-corrected chi connectivity index (χ4v) is 3.42. The first kappa shape index (κ1) is 13.0. The maximum absolute atomic E-state index is 12.0. The van der Waals surface area contributed by atoms with Crippen molar-refractivity contribution in [2.75, 3.05) is 11.5 Å².